The van der Waals surface area contributed by atoms with Crippen molar-refractivity contribution in [2.45, 2.75) is 46.5 Å². The van der Waals surface area contributed by atoms with E-state index in [2.05, 4.69) is 22.3 Å². The van der Waals surface area contributed by atoms with E-state index in [4.69, 9.17) is 9.72 Å². The van der Waals surface area contributed by atoms with Crippen LogP contribution in [-0.2, 0) is 17.6 Å². The molecule has 1 amide bonds. The summed E-state index contributed by atoms with van der Waals surface area (Å²) in [5, 5.41) is 8.38. The van der Waals surface area contributed by atoms with E-state index in [-0.39, 0.29) is 11.7 Å². The van der Waals surface area contributed by atoms with Crippen molar-refractivity contribution in [3.8, 4) is 0 Å². The monoisotopic (exact) mass is 387 g/mol. The van der Waals surface area contributed by atoms with Crippen molar-refractivity contribution < 1.29 is 9.53 Å². The maximum atomic E-state index is 12.5. The van der Waals surface area contributed by atoms with Gasteiger partial charge in [0.15, 0.2) is 5.65 Å². The molecule has 0 saturated carbocycles. The molecule has 0 fully saturated rings. The third kappa shape index (κ3) is 3.43. The molecule has 0 saturated heterocycles. The zero-order valence-corrected chi connectivity index (χ0v) is 16.9. The Hall–Kier alpha value is -2.06. The summed E-state index contributed by atoms with van der Waals surface area (Å²) in [5.74, 6) is 1.37. The summed E-state index contributed by atoms with van der Waals surface area (Å²) >= 11 is 1.76. The normalized spacial score (nSPS) is 16.8. The Bertz CT molecular complexity index is 993. The number of nitrogens with one attached hydrogen (secondary N) is 1. The fraction of sp³-hybridized carbons (Fsp3) is 0.579. The van der Waals surface area contributed by atoms with Crippen LogP contribution in [0.2, 0.25) is 0 Å². The second-order valence-electron chi connectivity index (χ2n) is 7.17. The van der Waals surface area contributed by atoms with Gasteiger partial charge in [0, 0.05) is 24.6 Å². The van der Waals surface area contributed by atoms with Crippen LogP contribution in [0.15, 0.2) is 0 Å². The van der Waals surface area contributed by atoms with E-state index in [0.29, 0.717) is 25.7 Å². The van der Waals surface area contributed by atoms with Gasteiger partial charge in [0.05, 0.1) is 5.39 Å². The lowest BCUT2D eigenvalue weighted by Gasteiger charge is -2.17. The summed E-state index contributed by atoms with van der Waals surface area (Å²) < 4.78 is 7.00. The maximum absolute atomic E-state index is 12.5. The Labute approximate surface area is 162 Å². The second kappa shape index (κ2) is 7.52. The lowest BCUT2D eigenvalue weighted by Crippen LogP contribution is -2.26. The predicted octanol–water partition coefficient (Wildman–Crippen LogP) is 2.93. The van der Waals surface area contributed by atoms with Gasteiger partial charge in [0.1, 0.15) is 10.7 Å². The van der Waals surface area contributed by atoms with Gasteiger partial charge in [0.2, 0.25) is 5.82 Å². The van der Waals surface area contributed by atoms with Gasteiger partial charge in [-0.2, -0.15) is 4.52 Å². The standard InChI is InChI=1S/C19H25N5O2S/c1-4-26-9-5-8-20-18(25)16-22-17-15-13-10-11(2)6-7-14(13)27-19(15)21-12(3)24(17)23-16/h11H,4-10H2,1-3H3,(H,20,25)/t11-/m0/s1. The van der Waals surface area contributed by atoms with Gasteiger partial charge in [-0.25, -0.2) is 9.97 Å². The fourth-order valence-electron chi connectivity index (χ4n) is 3.64. The molecule has 1 aliphatic rings. The molecule has 4 rings (SSSR count). The van der Waals surface area contributed by atoms with Crippen LogP contribution in [0.1, 0.15) is 53.6 Å². The maximum Gasteiger partial charge on any atom is 0.290 e. The van der Waals surface area contributed by atoms with Crippen LogP contribution in [0.25, 0.3) is 15.9 Å². The van der Waals surface area contributed by atoms with Crippen LogP contribution in [0.5, 0.6) is 0 Å². The highest BCUT2D eigenvalue weighted by Gasteiger charge is 2.25. The summed E-state index contributed by atoms with van der Waals surface area (Å²) in [7, 11) is 0. The molecular formula is C19H25N5O2S. The second-order valence-corrected chi connectivity index (χ2v) is 8.25. The van der Waals surface area contributed by atoms with Crippen molar-refractivity contribution in [3.63, 3.8) is 0 Å². The Morgan fingerprint density at radius 1 is 1.41 bits per heavy atom. The quantitative estimate of drug-likeness (QED) is 0.658. The van der Waals surface area contributed by atoms with Gasteiger partial charge in [0.25, 0.3) is 5.91 Å². The van der Waals surface area contributed by atoms with E-state index >= 15 is 0 Å². The summed E-state index contributed by atoms with van der Waals surface area (Å²) in [6.45, 7) is 8.03. The largest absolute Gasteiger partial charge is 0.382 e. The number of aryl methyl sites for hydroxylation is 2. The van der Waals surface area contributed by atoms with Crippen LogP contribution in [-0.4, -0.2) is 45.2 Å². The number of carbonyl (C=O) groups is 1. The Balaban J connectivity index is 1.67. The average Bonchev–Trinajstić information content (AvgIpc) is 3.23. The van der Waals surface area contributed by atoms with Gasteiger partial charge < -0.3 is 10.1 Å². The highest BCUT2D eigenvalue weighted by molar-refractivity contribution is 7.19. The van der Waals surface area contributed by atoms with E-state index in [1.807, 2.05) is 13.8 Å². The van der Waals surface area contributed by atoms with E-state index in [9.17, 15) is 4.79 Å². The fourth-order valence-corrected chi connectivity index (χ4v) is 4.90. The van der Waals surface area contributed by atoms with Gasteiger partial charge in [-0.05, 0) is 51.0 Å². The predicted molar refractivity (Wildman–Crippen MR) is 106 cm³/mol. The summed E-state index contributed by atoms with van der Waals surface area (Å²) in [6, 6.07) is 0. The number of ether oxygens (including phenoxy) is 1. The third-order valence-electron chi connectivity index (χ3n) is 5.05. The number of hydrogen-bond donors (Lipinski definition) is 1. The van der Waals surface area contributed by atoms with Gasteiger partial charge in [-0.15, -0.1) is 16.4 Å². The third-order valence-corrected chi connectivity index (χ3v) is 6.23. The topological polar surface area (TPSA) is 81.4 Å². The van der Waals surface area contributed by atoms with Crippen LogP contribution in [0.4, 0.5) is 0 Å². The number of nitrogens with zero attached hydrogens (tertiary/aromatic N) is 4. The van der Waals surface area contributed by atoms with Gasteiger partial charge in [-0.1, -0.05) is 6.92 Å². The molecule has 7 nitrogen and oxygen atoms in total. The molecule has 1 aliphatic carbocycles. The van der Waals surface area contributed by atoms with E-state index < -0.39 is 0 Å². The number of rotatable bonds is 6. The number of thiophene rings is 1. The van der Waals surface area contributed by atoms with Crippen molar-refractivity contribution in [1.82, 2.24) is 24.9 Å². The molecule has 1 atom stereocenters. The highest BCUT2D eigenvalue weighted by atomic mass is 32.1. The first-order valence-electron chi connectivity index (χ1n) is 9.62. The molecule has 3 aromatic rings. The minimum atomic E-state index is -0.250. The minimum Gasteiger partial charge on any atom is -0.382 e. The van der Waals surface area contributed by atoms with E-state index in [0.717, 1.165) is 41.0 Å². The molecule has 0 bridgehead atoms. The summed E-state index contributed by atoms with van der Waals surface area (Å²) in [4.78, 5) is 24.2. The van der Waals surface area contributed by atoms with Crippen LogP contribution in [0.3, 0.4) is 0 Å². The van der Waals surface area contributed by atoms with E-state index in [1.165, 1.54) is 16.9 Å². The van der Waals surface area contributed by atoms with Crippen LogP contribution < -0.4 is 5.32 Å². The van der Waals surface area contributed by atoms with Crippen molar-refractivity contribution in [2.24, 2.45) is 5.92 Å². The molecule has 1 N–H and O–H groups in total. The number of carbonyl (C=O) groups excluding carboxylic acids is 1. The lowest BCUT2D eigenvalue weighted by molar-refractivity contribution is 0.0934. The minimum absolute atomic E-state index is 0.201. The molecule has 27 heavy (non-hydrogen) atoms. The Morgan fingerprint density at radius 2 is 2.26 bits per heavy atom. The molecule has 0 aliphatic heterocycles. The molecule has 3 aromatic heterocycles. The first kappa shape index (κ1) is 18.3. The molecule has 144 valence electrons. The smallest absolute Gasteiger partial charge is 0.290 e. The van der Waals surface area contributed by atoms with Crippen molar-refractivity contribution in [2.75, 3.05) is 19.8 Å². The summed E-state index contributed by atoms with van der Waals surface area (Å²) in [6.07, 6.45) is 4.14. The Morgan fingerprint density at radius 3 is 3.07 bits per heavy atom. The molecule has 0 aromatic carbocycles. The van der Waals surface area contributed by atoms with Crippen molar-refractivity contribution in [1.29, 1.82) is 0 Å². The number of amides is 1. The van der Waals surface area contributed by atoms with Gasteiger partial charge in [-0.3, -0.25) is 4.79 Å². The molecule has 0 spiro atoms. The zero-order chi connectivity index (χ0) is 19.0. The molecule has 0 radical (unpaired) electrons. The first-order valence-corrected chi connectivity index (χ1v) is 10.4. The Kier molecular flexibility index (Phi) is 5.10. The molecular weight excluding hydrogens is 362 g/mol. The summed E-state index contributed by atoms with van der Waals surface area (Å²) in [5.41, 5.74) is 2.10. The van der Waals surface area contributed by atoms with E-state index in [1.54, 1.807) is 15.9 Å². The highest BCUT2D eigenvalue weighted by Crippen LogP contribution is 2.38. The number of hydrogen-bond acceptors (Lipinski definition) is 6. The number of aromatic nitrogens is 4. The van der Waals surface area contributed by atoms with Crippen molar-refractivity contribution >= 4 is 33.1 Å². The van der Waals surface area contributed by atoms with Gasteiger partial charge >= 0.3 is 0 Å². The lowest BCUT2D eigenvalue weighted by atomic mass is 9.89. The molecule has 8 heteroatoms. The molecule has 0 unspecified atom stereocenters. The zero-order valence-electron chi connectivity index (χ0n) is 16.0. The SMILES string of the molecule is CCOCCCNC(=O)c1nc2c3c4c(sc3nc(C)n2n1)CC[C@H](C)C4. The number of fused-ring (bicyclic) bond motifs is 5. The van der Waals surface area contributed by atoms with Crippen LogP contribution in [0, 0.1) is 12.8 Å². The first-order chi connectivity index (χ1) is 13.1. The van der Waals surface area contributed by atoms with Crippen LogP contribution >= 0.6 is 11.3 Å². The average molecular weight is 388 g/mol. The molecule has 3 heterocycles. The van der Waals surface area contributed by atoms with Crippen molar-refractivity contribution in [3.05, 3.63) is 22.1 Å².